The highest BCUT2D eigenvalue weighted by Gasteiger charge is 2.15. The van der Waals surface area contributed by atoms with E-state index in [0.717, 1.165) is 23.2 Å². The minimum atomic E-state index is -0.719. The van der Waals surface area contributed by atoms with Crippen LogP contribution in [-0.2, 0) is 11.3 Å². The summed E-state index contributed by atoms with van der Waals surface area (Å²) in [5, 5.41) is 5.71. The van der Waals surface area contributed by atoms with Crippen molar-refractivity contribution in [3.05, 3.63) is 70.8 Å². The van der Waals surface area contributed by atoms with E-state index >= 15 is 0 Å². The molecule has 8 heteroatoms. The van der Waals surface area contributed by atoms with Gasteiger partial charge in [0, 0.05) is 25.2 Å². The standard InChI is InChI=1S/C21H28N4O2.2ClH/c1-15-7-9-17(10-8-15)19(22)21(27)24-14-16-5-4-6-18(13-16)20(26)23-11-12-25(2)3;;/h4-10,13,19H,11-12,14,22H2,1-3H3,(H,23,26)(H,24,27);2*1H. The number of nitrogens with one attached hydrogen (secondary N) is 2. The number of rotatable bonds is 8. The Morgan fingerprint density at radius 2 is 1.69 bits per heavy atom. The molecule has 6 nitrogen and oxygen atoms in total. The fourth-order valence-electron chi connectivity index (χ4n) is 2.54. The van der Waals surface area contributed by atoms with E-state index in [-0.39, 0.29) is 36.6 Å². The minimum absolute atomic E-state index is 0. The van der Waals surface area contributed by atoms with Crippen molar-refractivity contribution in [1.29, 1.82) is 0 Å². The second-order valence-electron chi connectivity index (χ2n) is 6.87. The first-order valence-corrected chi connectivity index (χ1v) is 8.98. The monoisotopic (exact) mass is 440 g/mol. The van der Waals surface area contributed by atoms with Crippen LogP contribution in [0.5, 0.6) is 0 Å². The zero-order valence-electron chi connectivity index (χ0n) is 17.0. The van der Waals surface area contributed by atoms with Crippen LogP contribution in [0.15, 0.2) is 48.5 Å². The van der Waals surface area contributed by atoms with Gasteiger partial charge in [0.25, 0.3) is 5.91 Å². The summed E-state index contributed by atoms with van der Waals surface area (Å²) in [5.74, 6) is -0.374. The van der Waals surface area contributed by atoms with E-state index in [1.165, 1.54) is 0 Å². The van der Waals surface area contributed by atoms with E-state index in [4.69, 9.17) is 5.73 Å². The van der Waals surface area contributed by atoms with Crippen LogP contribution in [0, 0.1) is 6.92 Å². The van der Waals surface area contributed by atoms with Gasteiger partial charge in [0.1, 0.15) is 6.04 Å². The van der Waals surface area contributed by atoms with Gasteiger partial charge in [-0.25, -0.2) is 0 Å². The number of hydrogen-bond donors (Lipinski definition) is 3. The lowest BCUT2D eigenvalue weighted by Crippen LogP contribution is -2.34. The average molecular weight is 441 g/mol. The molecule has 0 saturated heterocycles. The number of hydrogen-bond acceptors (Lipinski definition) is 4. The van der Waals surface area contributed by atoms with Crippen LogP contribution < -0.4 is 16.4 Å². The summed E-state index contributed by atoms with van der Waals surface area (Å²) in [5.41, 5.74) is 9.34. The largest absolute Gasteiger partial charge is 0.351 e. The van der Waals surface area contributed by atoms with Gasteiger partial charge in [-0.1, -0.05) is 42.0 Å². The number of benzene rings is 2. The van der Waals surface area contributed by atoms with E-state index in [1.807, 2.05) is 62.3 Å². The quantitative estimate of drug-likeness (QED) is 0.587. The van der Waals surface area contributed by atoms with Crippen LogP contribution in [0.4, 0.5) is 0 Å². The number of amides is 2. The SMILES string of the molecule is Cc1ccc(C(N)C(=O)NCc2cccc(C(=O)NCCN(C)C)c2)cc1.Cl.Cl. The van der Waals surface area contributed by atoms with Crippen molar-refractivity contribution in [2.24, 2.45) is 5.73 Å². The van der Waals surface area contributed by atoms with Crippen LogP contribution in [0.25, 0.3) is 0 Å². The molecule has 0 fully saturated rings. The van der Waals surface area contributed by atoms with Gasteiger partial charge >= 0.3 is 0 Å². The number of carbonyl (C=O) groups is 2. The number of nitrogens with two attached hydrogens (primary N) is 1. The highest BCUT2D eigenvalue weighted by Crippen LogP contribution is 2.12. The fraction of sp³-hybridized carbons (Fsp3) is 0.333. The van der Waals surface area contributed by atoms with Crippen LogP contribution >= 0.6 is 24.8 Å². The predicted octanol–water partition coefficient (Wildman–Crippen LogP) is 2.45. The summed E-state index contributed by atoms with van der Waals surface area (Å²) >= 11 is 0. The summed E-state index contributed by atoms with van der Waals surface area (Å²) < 4.78 is 0. The van der Waals surface area contributed by atoms with Gasteiger partial charge in [-0.2, -0.15) is 0 Å². The third-order valence-electron chi connectivity index (χ3n) is 4.22. The van der Waals surface area contributed by atoms with Crippen LogP contribution in [0.2, 0.25) is 0 Å². The molecular formula is C21H30Cl2N4O2. The molecule has 0 aliphatic heterocycles. The zero-order chi connectivity index (χ0) is 19.8. The molecule has 0 aliphatic carbocycles. The molecule has 0 heterocycles. The molecular weight excluding hydrogens is 411 g/mol. The zero-order valence-corrected chi connectivity index (χ0v) is 18.6. The van der Waals surface area contributed by atoms with Gasteiger partial charge in [0.2, 0.25) is 5.91 Å². The Morgan fingerprint density at radius 3 is 2.31 bits per heavy atom. The molecule has 2 aromatic rings. The first kappa shape index (κ1) is 26.9. The Kier molecular flexibility index (Phi) is 12.2. The molecule has 29 heavy (non-hydrogen) atoms. The molecule has 0 aliphatic rings. The maximum Gasteiger partial charge on any atom is 0.251 e. The molecule has 0 bridgehead atoms. The number of likely N-dealkylation sites (N-methyl/N-ethyl adjacent to an activating group) is 1. The first-order valence-electron chi connectivity index (χ1n) is 8.98. The summed E-state index contributed by atoms with van der Waals surface area (Å²) in [6.45, 7) is 3.66. The lowest BCUT2D eigenvalue weighted by molar-refractivity contribution is -0.122. The average Bonchev–Trinajstić information content (AvgIpc) is 2.66. The maximum absolute atomic E-state index is 12.3. The van der Waals surface area contributed by atoms with Crippen molar-refractivity contribution >= 4 is 36.6 Å². The number of aryl methyl sites for hydroxylation is 1. The van der Waals surface area contributed by atoms with Gasteiger partial charge in [-0.15, -0.1) is 24.8 Å². The third-order valence-corrected chi connectivity index (χ3v) is 4.22. The number of halogens is 2. The second kappa shape index (κ2) is 13.2. The second-order valence-corrected chi connectivity index (χ2v) is 6.87. The molecule has 4 N–H and O–H groups in total. The minimum Gasteiger partial charge on any atom is -0.351 e. The molecule has 0 radical (unpaired) electrons. The highest BCUT2D eigenvalue weighted by molar-refractivity contribution is 5.94. The van der Waals surface area contributed by atoms with Crippen molar-refractivity contribution < 1.29 is 9.59 Å². The molecule has 1 atom stereocenters. The summed E-state index contributed by atoms with van der Waals surface area (Å²) in [7, 11) is 3.91. The highest BCUT2D eigenvalue weighted by atomic mass is 35.5. The molecule has 2 rings (SSSR count). The number of carbonyl (C=O) groups excluding carboxylic acids is 2. The van der Waals surface area contributed by atoms with E-state index in [1.54, 1.807) is 12.1 Å². The van der Waals surface area contributed by atoms with Gasteiger partial charge in [-0.3, -0.25) is 9.59 Å². The number of nitrogens with zero attached hydrogens (tertiary/aromatic N) is 1. The molecule has 2 amide bonds. The molecule has 1 unspecified atom stereocenters. The Bertz CT molecular complexity index is 783. The van der Waals surface area contributed by atoms with Crippen molar-refractivity contribution in [2.75, 3.05) is 27.2 Å². The van der Waals surface area contributed by atoms with Gasteiger partial charge in [0.15, 0.2) is 0 Å². The summed E-state index contributed by atoms with van der Waals surface area (Å²) in [6, 6.07) is 14.1. The molecule has 2 aromatic carbocycles. The van der Waals surface area contributed by atoms with Crippen molar-refractivity contribution in [3.8, 4) is 0 Å². The first-order chi connectivity index (χ1) is 12.9. The van der Waals surface area contributed by atoms with Crippen molar-refractivity contribution in [1.82, 2.24) is 15.5 Å². The van der Waals surface area contributed by atoms with E-state index in [9.17, 15) is 9.59 Å². The smallest absolute Gasteiger partial charge is 0.251 e. The topological polar surface area (TPSA) is 87.5 Å². The van der Waals surface area contributed by atoms with Gasteiger partial charge < -0.3 is 21.3 Å². The summed E-state index contributed by atoms with van der Waals surface area (Å²) in [4.78, 5) is 26.5. The van der Waals surface area contributed by atoms with Crippen LogP contribution in [0.1, 0.15) is 33.1 Å². The van der Waals surface area contributed by atoms with E-state index < -0.39 is 6.04 Å². The van der Waals surface area contributed by atoms with Gasteiger partial charge in [0.05, 0.1) is 0 Å². The molecule has 0 saturated carbocycles. The summed E-state index contributed by atoms with van der Waals surface area (Å²) in [6.07, 6.45) is 0. The third kappa shape index (κ3) is 8.83. The fourth-order valence-corrected chi connectivity index (χ4v) is 2.54. The predicted molar refractivity (Wildman–Crippen MR) is 122 cm³/mol. The van der Waals surface area contributed by atoms with Crippen molar-refractivity contribution in [2.45, 2.75) is 19.5 Å². The van der Waals surface area contributed by atoms with Crippen molar-refractivity contribution in [3.63, 3.8) is 0 Å². The Labute approximate surface area is 185 Å². The lowest BCUT2D eigenvalue weighted by Gasteiger charge is -2.14. The van der Waals surface area contributed by atoms with E-state index in [2.05, 4.69) is 10.6 Å². The lowest BCUT2D eigenvalue weighted by atomic mass is 10.0. The Hall–Kier alpha value is -2.12. The maximum atomic E-state index is 12.3. The van der Waals surface area contributed by atoms with Gasteiger partial charge in [-0.05, 0) is 44.3 Å². The van der Waals surface area contributed by atoms with Crippen LogP contribution in [-0.4, -0.2) is 43.9 Å². The molecule has 0 aromatic heterocycles. The Balaban J connectivity index is 0.00000392. The molecule has 160 valence electrons. The normalized spacial score (nSPS) is 11.1. The molecule has 0 spiro atoms. The van der Waals surface area contributed by atoms with E-state index in [0.29, 0.717) is 18.7 Å². The Morgan fingerprint density at radius 1 is 1.03 bits per heavy atom. The van der Waals surface area contributed by atoms with Crippen LogP contribution in [0.3, 0.4) is 0 Å².